The summed E-state index contributed by atoms with van der Waals surface area (Å²) < 4.78 is 16.5. The molecule has 0 aliphatic rings. The number of methoxy groups -OCH3 is 1. The molecule has 1 amide bonds. The van der Waals surface area contributed by atoms with E-state index in [1.807, 2.05) is 50.2 Å². The van der Waals surface area contributed by atoms with Gasteiger partial charge in [0.1, 0.15) is 0 Å². The summed E-state index contributed by atoms with van der Waals surface area (Å²) >= 11 is 0. The maximum atomic E-state index is 12.8. The molecule has 0 radical (unpaired) electrons. The SMILES string of the molecule is COCCc1nnc(-c2cccc(C(=O)NC(C)(C)COCc3ccccc3)c2)o1. The highest BCUT2D eigenvalue weighted by Gasteiger charge is 2.22. The van der Waals surface area contributed by atoms with Crippen molar-refractivity contribution in [1.82, 2.24) is 15.5 Å². The van der Waals surface area contributed by atoms with Gasteiger partial charge in [-0.15, -0.1) is 10.2 Å². The minimum absolute atomic E-state index is 0.190. The minimum atomic E-state index is -0.528. The van der Waals surface area contributed by atoms with E-state index < -0.39 is 5.54 Å². The second-order valence-corrected chi connectivity index (χ2v) is 7.64. The van der Waals surface area contributed by atoms with Crippen LogP contribution in [0.3, 0.4) is 0 Å². The Morgan fingerprint density at radius 3 is 2.67 bits per heavy atom. The van der Waals surface area contributed by atoms with Crippen LogP contribution in [0.25, 0.3) is 11.5 Å². The maximum absolute atomic E-state index is 12.8. The van der Waals surface area contributed by atoms with Crippen LogP contribution in [0.2, 0.25) is 0 Å². The van der Waals surface area contributed by atoms with Crippen LogP contribution in [0, 0.1) is 0 Å². The summed E-state index contributed by atoms with van der Waals surface area (Å²) in [4.78, 5) is 12.8. The standard InChI is InChI=1S/C23H27N3O4/c1-23(2,16-29-15-17-8-5-4-6-9-17)24-21(27)18-10-7-11-19(14-18)22-26-25-20(30-22)12-13-28-3/h4-11,14H,12-13,15-16H2,1-3H3,(H,24,27). The van der Waals surface area contributed by atoms with Crippen molar-refractivity contribution in [2.24, 2.45) is 0 Å². The molecule has 0 aliphatic carbocycles. The van der Waals surface area contributed by atoms with Crippen molar-refractivity contribution in [3.8, 4) is 11.5 Å². The quantitative estimate of drug-likeness (QED) is 0.550. The van der Waals surface area contributed by atoms with Crippen LogP contribution < -0.4 is 5.32 Å². The number of carbonyl (C=O) groups excluding carboxylic acids is 1. The Morgan fingerprint density at radius 1 is 1.10 bits per heavy atom. The number of hydrogen-bond donors (Lipinski definition) is 1. The van der Waals surface area contributed by atoms with Crippen molar-refractivity contribution < 1.29 is 18.7 Å². The molecule has 0 unspecified atom stereocenters. The fourth-order valence-electron chi connectivity index (χ4n) is 2.87. The molecule has 0 fully saturated rings. The molecule has 3 aromatic rings. The number of amides is 1. The maximum Gasteiger partial charge on any atom is 0.251 e. The molecule has 30 heavy (non-hydrogen) atoms. The van der Waals surface area contributed by atoms with Gasteiger partial charge in [0.25, 0.3) is 5.91 Å². The van der Waals surface area contributed by atoms with Gasteiger partial charge in [0.05, 0.1) is 25.4 Å². The Labute approximate surface area is 176 Å². The van der Waals surface area contributed by atoms with Crippen molar-refractivity contribution in [3.63, 3.8) is 0 Å². The molecule has 0 atom stereocenters. The second kappa shape index (κ2) is 10.1. The Hall–Kier alpha value is -3.03. The molecule has 0 aliphatic heterocycles. The lowest BCUT2D eigenvalue weighted by Crippen LogP contribution is -2.47. The first-order valence-electron chi connectivity index (χ1n) is 9.83. The van der Waals surface area contributed by atoms with Crippen LogP contribution in [0.15, 0.2) is 59.0 Å². The highest BCUT2D eigenvalue weighted by Crippen LogP contribution is 2.20. The highest BCUT2D eigenvalue weighted by atomic mass is 16.5. The Balaban J connectivity index is 1.59. The van der Waals surface area contributed by atoms with Crippen LogP contribution in [0.4, 0.5) is 0 Å². The number of hydrogen-bond acceptors (Lipinski definition) is 6. The molecular weight excluding hydrogens is 382 g/mol. The number of aromatic nitrogens is 2. The molecule has 1 N–H and O–H groups in total. The monoisotopic (exact) mass is 409 g/mol. The smallest absolute Gasteiger partial charge is 0.251 e. The summed E-state index contributed by atoms with van der Waals surface area (Å²) in [5, 5.41) is 11.1. The van der Waals surface area contributed by atoms with Gasteiger partial charge in [-0.1, -0.05) is 36.4 Å². The van der Waals surface area contributed by atoms with E-state index in [0.717, 1.165) is 5.56 Å². The topological polar surface area (TPSA) is 86.5 Å². The van der Waals surface area contributed by atoms with Crippen molar-refractivity contribution in [2.75, 3.05) is 20.3 Å². The molecule has 1 aromatic heterocycles. The summed E-state index contributed by atoms with van der Waals surface area (Å²) in [6, 6.07) is 17.1. The lowest BCUT2D eigenvalue weighted by atomic mass is 10.0. The summed E-state index contributed by atoms with van der Waals surface area (Å²) in [5.41, 5.74) is 1.77. The van der Waals surface area contributed by atoms with E-state index in [4.69, 9.17) is 13.9 Å². The van der Waals surface area contributed by atoms with Crippen molar-refractivity contribution in [3.05, 3.63) is 71.6 Å². The third kappa shape index (κ3) is 6.23. The van der Waals surface area contributed by atoms with Gasteiger partial charge >= 0.3 is 0 Å². The van der Waals surface area contributed by atoms with Crippen molar-refractivity contribution >= 4 is 5.91 Å². The van der Waals surface area contributed by atoms with E-state index in [1.54, 1.807) is 25.3 Å². The predicted octanol–water partition coefficient (Wildman–Crippen LogP) is 3.65. The summed E-state index contributed by atoms with van der Waals surface area (Å²) in [6.45, 7) is 5.25. The van der Waals surface area contributed by atoms with Crippen LogP contribution in [0.5, 0.6) is 0 Å². The van der Waals surface area contributed by atoms with E-state index >= 15 is 0 Å². The molecule has 0 saturated heterocycles. The number of nitrogens with zero attached hydrogens (tertiary/aromatic N) is 2. The van der Waals surface area contributed by atoms with E-state index in [-0.39, 0.29) is 5.91 Å². The zero-order chi connectivity index (χ0) is 21.4. The van der Waals surface area contributed by atoms with Crippen LogP contribution in [-0.2, 0) is 22.5 Å². The zero-order valence-corrected chi connectivity index (χ0v) is 17.6. The Kier molecular flexibility index (Phi) is 7.32. The molecule has 2 aromatic carbocycles. The van der Waals surface area contributed by atoms with Gasteiger partial charge in [0.15, 0.2) is 0 Å². The van der Waals surface area contributed by atoms with Gasteiger partial charge in [0, 0.05) is 24.7 Å². The molecule has 0 bridgehead atoms. The first kappa shape index (κ1) is 21.7. The van der Waals surface area contributed by atoms with Gasteiger partial charge < -0.3 is 19.2 Å². The van der Waals surface area contributed by atoms with E-state index in [2.05, 4.69) is 15.5 Å². The highest BCUT2D eigenvalue weighted by molar-refractivity contribution is 5.95. The number of nitrogens with one attached hydrogen (secondary N) is 1. The summed E-state index contributed by atoms with van der Waals surface area (Å²) in [6.07, 6.45) is 0.543. The predicted molar refractivity (Wildman–Crippen MR) is 113 cm³/mol. The molecule has 0 spiro atoms. The Morgan fingerprint density at radius 2 is 1.90 bits per heavy atom. The molecule has 158 valence electrons. The van der Waals surface area contributed by atoms with Crippen LogP contribution >= 0.6 is 0 Å². The lowest BCUT2D eigenvalue weighted by molar-refractivity contribution is 0.0617. The molecule has 1 heterocycles. The van der Waals surface area contributed by atoms with Gasteiger partial charge in [-0.25, -0.2) is 0 Å². The average molecular weight is 409 g/mol. The van der Waals surface area contributed by atoms with Crippen LogP contribution in [-0.4, -0.2) is 42.0 Å². The normalized spacial score (nSPS) is 11.4. The first-order valence-corrected chi connectivity index (χ1v) is 9.83. The fraction of sp³-hybridized carbons (Fsp3) is 0.348. The summed E-state index contributed by atoms with van der Waals surface area (Å²) in [7, 11) is 1.62. The molecule has 0 saturated carbocycles. The van der Waals surface area contributed by atoms with Crippen molar-refractivity contribution in [2.45, 2.75) is 32.4 Å². The fourth-order valence-corrected chi connectivity index (χ4v) is 2.87. The second-order valence-electron chi connectivity index (χ2n) is 7.64. The van der Waals surface area contributed by atoms with E-state index in [1.165, 1.54) is 0 Å². The lowest BCUT2D eigenvalue weighted by Gasteiger charge is -2.26. The number of rotatable bonds is 10. The molecule has 7 heteroatoms. The van der Waals surface area contributed by atoms with E-state index in [9.17, 15) is 4.79 Å². The number of carbonyl (C=O) groups is 1. The zero-order valence-electron chi connectivity index (χ0n) is 17.6. The minimum Gasteiger partial charge on any atom is -0.421 e. The van der Waals surface area contributed by atoms with Gasteiger partial charge in [0.2, 0.25) is 11.8 Å². The largest absolute Gasteiger partial charge is 0.421 e. The van der Waals surface area contributed by atoms with E-state index in [0.29, 0.717) is 49.1 Å². The van der Waals surface area contributed by atoms with Crippen LogP contribution in [0.1, 0.15) is 35.7 Å². The molecule has 7 nitrogen and oxygen atoms in total. The number of benzene rings is 2. The van der Waals surface area contributed by atoms with Gasteiger partial charge in [-0.05, 0) is 37.6 Å². The van der Waals surface area contributed by atoms with Crippen molar-refractivity contribution in [1.29, 1.82) is 0 Å². The first-order chi connectivity index (χ1) is 14.5. The third-order valence-electron chi connectivity index (χ3n) is 4.38. The Bertz CT molecular complexity index is 954. The molecule has 3 rings (SSSR count). The van der Waals surface area contributed by atoms with Gasteiger partial charge in [-0.3, -0.25) is 4.79 Å². The third-order valence-corrected chi connectivity index (χ3v) is 4.38. The van der Waals surface area contributed by atoms with Gasteiger partial charge in [-0.2, -0.15) is 0 Å². The summed E-state index contributed by atoms with van der Waals surface area (Å²) in [5.74, 6) is 0.684. The molecular formula is C23H27N3O4. The number of ether oxygens (including phenoxy) is 2. The average Bonchev–Trinajstić information content (AvgIpc) is 3.22.